The molecule has 0 unspecified atom stereocenters. The van der Waals surface area contributed by atoms with Crippen molar-refractivity contribution in [1.82, 2.24) is 9.97 Å². The lowest BCUT2D eigenvalue weighted by Gasteiger charge is -2.14. The van der Waals surface area contributed by atoms with Crippen molar-refractivity contribution < 1.29 is 19.0 Å². The lowest BCUT2D eigenvalue weighted by atomic mass is 9.95. The predicted octanol–water partition coefficient (Wildman–Crippen LogP) is 5.08. The summed E-state index contributed by atoms with van der Waals surface area (Å²) >= 11 is 0. The molecular weight excluding hydrogens is 435 g/mol. The summed E-state index contributed by atoms with van der Waals surface area (Å²) in [5.41, 5.74) is 4.71. The molecule has 7 nitrogen and oxygen atoms in total. The van der Waals surface area contributed by atoms with Gasteiger partial charge in [-0.15, -0.1) is 0 Å². The van der Waals surface area contributed by atoms with E-state index in [1.807, 2.05) is 18.2 Å². The van der Waals surface area contributed by atoms with Crippen LogP contribution in [0.3, 0.4) is 0 Å². The number of rotatable bonds is 5. The lowest BCUT2D eigenvalue weighted by molar-refractivity contribution is 0.0697. The summed E-state index contributed by atoms with van der Waals surface area (Å²) in [5.74, 6) is -0.389. The number of fused-ring (bicyclic) bond motifs is 3. The molecule has 0 spiro atoms. The molecule has 2 heterocycles. The van der Waals surface area contributed by atoms with Crippen molar-refractivity contribution in [3.63, 3.8) is 0 Å². The Hall–Kier alpha value is -4.59. The first-order chi connectivity index (χ1) is 16.5. The summed E-state index contributed by atoms with van der Waals surface area (Å²) in [6, 6.07) is 18.4. The highest BCUT2D eigenvalue weighted by atomic mass is 19.1. The third-order valence-electron chi connectivity index (χ3n) is 5.53. The smallest absolute Gasteiger partial charge is 0.335 e. The van der Waals surface area contributed by atoms with Gasteiger partial charge in [0, 0.05) is 34.1 Å². The SMILES string of the molecule is COc1ccc2c(c1)C(c1ccccc1F)=NCc1cnc(Nc3ccc(C(=O)O)cc3)nc1-2. The van der Waals surface area contributed by atoms with E-state index in [1.54, 1.807) is 43.6 Å². The van der Waals surface area contributed by atoms with Crippen molar-refractivity contribution >= 4 is 23.3 Å². The number of methoxy groups -OCH3 is 1. The van der Waals surface area contributed by atoms with Crippen molar-refractivity contribution in [3.05, 3.63) is 101 Å². The van der Waals surface area contributed by atoms with Crippen LogP contribution in [-0.4, -0.2) is 33.9 Å². The molecule has 0 amide bonds. The first-order valence-corrected chi connectivity index (χ1v) is 10.5. The predicted molar refractivity (Wildman–Crippen MR) is 126 cm³/mol. The second-order valence-electron chi connectivity index (χ2n) is 7.63. The van der Waals surface area contributed by atoms with Gasteiger partial charge in [0.15, 0.2) is 0 Å². The van der Waals surface area contributed by atoms with Gasteiger partial charge in [-0.05, 0) is 54.6 Å². The van der Waals surface area contributed by atoms with Crippen molar-refractivity contribution in [2.75, 3.05) is 12.4 Å². The Balaban J connectivity index is 1.58. The van der Waals surface area contributed by atoms with Crippen LogP contribution in [0, 0.1) is 5.82 Å². The van der Waals surface area contributed by atoms with Gasteiger partial charge in [0.1, 0.15) is 11.6 Å². The van der Waals surface area contributed by atoms with Crippen LogP contribution in [0.5, 0.6) is 5.75 Å². The molecule has 0 saturated carbocycles. The van der Waals surface area contributed by atoms with Crippen molar-refractivity contribution in [1.29, 1.82) is 0 Å². The molecule has 1 aliphatic heterocycles. The summed E-state index contributed by atoms with van der Waals surface area (Å²) in [6.07, 6.45) is 1.69. The van der Waals surface area contributed by atoms with E-state index < -0.39 is 5.97 Å². The van der Waals surface area contributed by atoms with Gasteiger partial charge in [0.25, 0.3) is 0 Å². The van der Waals surface area contributed by atoms with E-state index in [2.05, 4.69) is 10.3 Å². The van der Waals surface area contributed by atoms with Crippen LogP contribution in [0.2, 0.25) is 0 Å². The first kappa shape index (κ1) is 21.3. The molecule has 1 aromatic heterocycles. The molecule has 0 atom stereocenters. The summed E-state index contributed by atoms with van der Waals surface area (Å²) < 4.78 is 20.1. The molecule has 0 aliphatic carbocycles. The van der Waals surface area contributed by atoms with E-state index in [1.165, 1.54) is 18.2 Å². The Morgan fingerprint density at radius 3 is 2.56 bits per heavy atom. The fraction of sp³-hybridized carbons (Fsp3) is 0.0769. The summed E-state index contributed by atoms with van der Waals surface area (Å²) in [5, 5.41) is 12.2. The van der Waals surface area contributed by atoms with E-state index in [4.69, 9.17) is 19.8 Å². The first-order valence-electron chi connectivity index (χ1n) is 10.5. The van der Waals surface area contributed by atoms with Gasteiger partial charge in [0.05, 0.1) is 30.6 Å². The number of nitrogens with one attached hydrogen (secondary N) is 1. The normalized spacial score (nSPS) is 12.1. The van der Waals surface area contributed by atoms with Gasteiger partial charge < -0.3 is 15.2 Å². The van der Waals surface area contributed by atoms with Crippen LogP contribution in [0.15, 0.2) is 77.9 Å². The van der Waals surface area contributed by atoms with E-state index >= 15 is 0 Å². The molecule has 168 valence electrons. The minimum Gasteiger partial charge on any atom is -0.497 e. The van der Waals surface area contributed by atoms with Gasteiger partial charge in [-0.25, -0.2) is 19.2 Å². The maximum Gasteiger partial charge on any atom is 0.335 e. The average molecular weight is 454 g/mol. The third kappa shape index (κ3) is 3.97. The number of carbonyl (C=O) groups is 1. The lowest BCUT2D eigenvalue weighted by Crippen LogP contribution is -2.08. The molecule has 4 aromatic rings. The molecule has 5 rings (SSSR count). The van der Waals surface area contributed by atoms with Crippen LogP contribution in [0.4, 0.5) is 16.0 Å². The Morgan fingerprint density at radius 2 is 1.82 bits per heavy atom. The zero-order chi connectivity index (χ0) is 23.7. The van der Waals surface area contributed by atoms with Gasteiger partial charge in [-0.1, -0.05) is 12.1 Å². The van der Waals surface area contributed by atoms with Crippen LogP contribution in [-0.2, 0) is 6.54 Å². The van der Waals surface area contributed by atoms with E-state index in [0.717, 1.165) is 11.1 Å². The molecule has 0 fully saturated rings. The van der Waals surface area contributed by atoms with Crippen LogP contribution >= 0.6 is 0 Å². The number of halogens is 1. The molecule has 3 aromatic carbocycles. The Kier molecular flexibility index (Phi) is 5.47. The summed E-state index contributed by atoms with van der Waals surface area (Å²) in [7, 11) is 1.58. The Bertz CT molecular complexity index is 1430. The van der Waals surface area contributed by atoms with Crippen LogP contribution < -0.4 is 10.1 Å². The fourth-order valence-corrected chi connectivity index (χ4v) is 3.83. The quantitative estimate of drug-likeness (QED) is 0.436. The molecule has 0 bridgehead atoms. The number of carboxylic acid groups (broad SMARTS) is 1. The highest BCUT2D eigenvalue weighted by Crippen LogP contribution is 2.34. The zero-order valence-electron chi connectivity index (χ0n) is 18.1. The highest BCUT2D eigenvalue weighted by Gasteiger charge is 2.23. The van der Waals surface area contributed by atoms with E-state index in [0.29, 0.717) is 39.9 Å². The largest absolute Gasteiger partial charge is 0.497 e. The number of carboxylic acids is 1. The molecule has 1 aliphatic rings. The van der Waals surface area contributed by atoms with Crippen molar-refractivity contribution in [3.8, 4) is 17.0 Å². The standard InChI is InChI=1S/C26H19FN4O3/c1-34-18-10-11-19-21(12-18)24(20-4-2-3-5-22(20)27)28-13-16-14-29-26(31-23(16)19)30-17-8-6-15(7-9-17)25(32)33/h2-12,14H,13H2,1H3,(H,32,33)(H,29,30,31). The van der Waals surface area contributed by atoms with Crippen LogP contribution in [0.1, 0.15) is 27.0 Å². The second kappa shape index (κ2) is 8.74. The van der Waals surface area contributed by atoms with Crippen molar-refractivity contribution in [2.45, 2.75) is 6.54 Å². The number of nitrogens with zero attached hydrogens (tertiary/aromatic N) is 3. The number of hydrogen-bond donors (Lipinski definition) is 2. The van der Waals surface area contributed by atoms with Crippen molar-refractivity contribution in [2.24, 2.45) is 4.99 Å². The monoisotopic (exact) mass is 454 g/mol. The minimum absolute atomic E-state index is 0.189. The number of aromatic carboxylic acids is 1. The number of hydrogen-bond acceptors (Lipinski definition) is 6. The molecule has 0 radical (unpaired) electrons. The van der Waals surface area contributed by atoms with Gasteiger partial charge >= 0.3 is 5.97 Å². The fourth-order valence-electron chi connectivity index (χ4n) is 3.83. The zero-order valence-corrected chi connectivity index (χ0v) is 18.1. The Labute approximate surface area is 194 Å². The number of aliphatic imine (C=N–C) groups is 1. The number of anilines is 2. The van der Waals surface area contributed by atoms with Crippen LogP contribution in [0.25, 0.3) is 11.3 Å². The van der Waals surface area contributed by atoms with E-state index in [9.17, 15) is 9.18 Å². The summed E-state index contributed by atoms with van der Waals surface area (Å²) in [6.45, 7) is 0.281. The number of benzene rings is 3. The minimum atomic E-state index is -0.995. The molecule has 0 saturated heterocycles. The highest BCUT2D eigenvalue weighted by molar-refractivity contribution is 6.17. The topological polar surface area (TPSA) is 96.7 Å². The second-order valence-corrected chi connectivity index (χ2v) is 7.63. The number of aromatic nitrogens is 2. The average Bonchev–Trinajstić information content (AvgIpc) is 3.01. The molecule has 34 heavy (non-hydrogen) atoms. The van der Waals surface area contributed by atoms with E-state index in [-0.39, 0.29) is 17.9 Å². The molecular formula is C26H19FN4O3. The summed E-state index contributed by atoms with van der Waals surface area (Å²) in [4.78, 5) is 24.9. The number of ether oxygens (including phenoxy) is 1. The third-order valence-corrected chi connectivity index (χ3v) is 5.53. The maximum atomic E-state index is 14.7. The van der Waals surface area contributed by atoms with Gasteiger partial charge in [-0.2, -0.15) is 0 Å². The van der Waals surface area contributed by atoms with Gasteiger partial charge in [0.2, 0.25) is 5.95 Å². The Morgan fingerprint density at radius 1 is 1.03 bits per heavy atom. The molecule has 8 heteroatoms. The molecule has 2 N–H and O–H groups in total. The maximum absolute atomic E-state index is 14.7. The van der Waals surface area contributed by atoms with Gasteiger partial charge in [-0.3, -0.25) is 4.99 Å².